The Morgan fingerprint density at radius 3 is 2.81 bits per heavy atom. The van der Waals surface area contributed by atoms with Gasteiger partial charge in [-0.25, -0.2) is 4.39 Å². The first kappa shape index (κ1) is 14.0. The monoisotopic (exact) mass is 344 g/mol. The van der Waals surface area contributed by atoms with Crippen molar-refractivity contribution < 1.29 is 4.39 Å². The largest absolute Gasteiger partial charge is 0.378 e. The van der Waals surface area contributed by atoms with E-state index in [1.165, 1.54) is 6.07 Å². The molecule has 0 amide bonds. The van der Waals surface area contributed by atoms with Crippen LogP contribution < -0.4 is 5.32 Å². The van der Waals surface area contributed by atoms with Crippen LogP contribution in [-0.4, -0.2) is 4.98 Å². The lowest BCUT2D eigenvalue weighted by Crippen LogP contribution is -2.04. The van der Waals surface area contributed by atoms with Gasteiger partial charge in [-0.05, 0) is 36.2 Å². The maximum absolute atomic E-state index is 13.8. The molecular formula is C17H14BrFN2. The van der Waals surface area contributed by atoms with E-state index in [4.69, 9.17) is 0 Å². The van der Waals surface area contributed by atoms with E-state index in [-0.39, 0.29) is 5.82 Å². The van der Waals surface area contributed by atoms with Crippen molar-refractivity contribution >= 4 is 32.5 Å². The van der Waals surface area contributed by atoms with Crippen molar-refractivity contribution in [1.29, 1.82) is 0 Å². The summed E-state index contributed by atoms with van der Waals surface area (Å²) in [6, 6.07) is 13.0. The van der Waals surface area contributed by atoms with Crippen LogP contribution in [0.5, 0.6) is 0 Å². The molecule has 2 nitrogen and oxygen atoms in total. The quantitative estimate of drug-likeness (QED) is 0.718. The van der Waals surface area contributed by atoms with Gasteiger partial charge in [0.05, 0.1) is 11.2 Å². The molecule has 21 heavy (non-hydrogen) atoms. The molecule has 0 saturated carbocycles. The molecule has 0 fully saturated rings. The fourth-order valence-corrected chi connectivity index (χ4v) is 2.83. The predicted molar refractivity (Wildman–Crippen MR) is 87.9 cm³/mol. The minimum Gasteiger partial charge on any atom is -0.378 e. The number of anilines is 1. The van der Waals surface area contributed by atoms with Crippen LogP contribution in [0.4, 0.5) is 10.1 Å². The molecule has 2 aromatic carbocycles. The number of hydrogen-bond acceptors (Lipinski definition) is 2. The molecule has 0 aliphatic heterocycles. The average molecular weight is 345 g/mol. The first-order valence-corrected chi connectivity index (χ1v) is 7.47. The zero-order valence-electron chi connectivity index (χ0n) is 11.5. The van der Waals surface area contributed by atoms with Crippen LogP contribution in [0.3, 0.4) is 0 Å². The van der Waals surface area contributed by atoms with Gasteiger partial charge in [0.25, 0.3) is 0 Å². The number of nitrogens with zero attached hydrogens (tertiary/aromatic N) is 1. The molecule has 0 aliphatic rings. The maximum atomic E-state index is 13.8. The fraction of sp³-hybridized carbons (Fsp3) is 0.118. The highest BCUT2D eigenvalue weighted by molar-refractivity contribution is 9.10. The first-order valence-electron chi connectivity index (χ1n) is 6.68. The van der Waals surface area contributed by atoms with Crippen LogP contribution >= 0.6 is 15.9 Å². The van der Waals surface area contributed by atoms with Crippen molar-refractivity contribution in [3.8, 4) is 0 Å². The SMILES string of the molecule is Cc1cccc(F)c1NCc1ccc(Br)c2cccnc12. The zero-order valence-corrected chi connectivity index (χ0v) is 13.1. The van der Waals surface area contributed by atoms with E-state index in [1.54, 1.807) is 12.3 Å². The van der Waals surface area contributed by atoms with Crippen LogP contribution in [0.2, 0.25) is 0 Å². The summed E-state index contributed by atoms with van der Waals surface area (Å²) in [4.78, 5) is 4.44. The van der Waals surface area contributed by atoms with Gasteiger partial charge in [-0.15, -0.1) is 0 Å². The molecule has 1 heterocycles. The maximum Gasteiger partial charge on any atom is 0.146 e. The highest BCUT2D eigenvalue weighted by Gasteiger charge is 2.08. The zero-order chi connectivity index (χ0) is 14.8. The number of halogens is 2. The minimum atomic E-state index is -0.232. The van der Waals surface area contributed by atoms with Crippen molar-refractivity contribution in [1.82, 2.24) is 4.98 Å². The predicted octanol–water partition coefficient (Wildman–Crippen LogP) is 5.06. The number of aromatic nitrogens is 1. The molecule has 0 bridgehead atoms. The van der Waals surface area contributed by atoms with E-state index in [2.05, 4.69) is 26.2 Å². The first-order chi connectivity index (χ1) is 10.2. The highest BCUT2D eigenvalue weighted by atomic mass is 79.9. The second kappa shape index (κ2) is 5.82. The summed E-state index contributed by atoms with van der Waals surface area (Å²) < 4.78 is 14.9. The summed E-state index contributed by atoms with van der Waals surface area (Å²) in [6.45, 7) is 2.42. The van der Waals surface area contributed by atoms with Gasteiger partial charge in [0.2, 0.25) is 0 Å². The minimum absolute atomic E-state index is 0.232. The molecule has 3 aromatic rings. The van der Waals surface area contributed by atoms with Crippen molar-refractivity contribution in [3.05, 3.63) is 70.1 Å². The third-order valence-corrected chi connectivity index (χ3v) is 4.17. The molecule has 0 unspecified atom stereocenters. The number of hydrogen-bond donors (Lipinski definition) is 1. The Morgan fingerprint density at radius 1 is 1.14 bits per heavy atom. The Labute approximate surface area is 131 Å². The number of fused-ring (bicyclic) bond motifs is 1. The van der Waals surface area contributed by atoms with Gasteiger partial charge < -0.3 is 5.32 Å². The number of para-hydroxylation sites is 1. The molecule has 4 heteroatoms. The third-order valence-electron chi connectivity index (χ3n) is 3.48. The molecule has 1 N–H and O–H groups in total. The number of rotatable bonds is 3. The Kier molecular flexibility index (Phi) is 3.88. The van der Waals surface area contributed by atoms with Gasteiger partial charge in [0.15, 0.2) is 0 Å². The van der Waals surface area contributed by atoms with Crippen LogP contribution in [0.1, 0.15) is 11.1 Å². The standard InChI is InChI=1S/C17H14BrFN2/c1-11-4-2-6-15(19)16(11)21-10-12-7-8-14(18)13-5-3-9-20-17(12)13/h2-9,21H,10H2,1H3. The molecule has 0 aliphatic carbocycles. The molecule has 0 saturated heterocycles. The van der Waals surface area contributed by atoms with E-state index in [1.807, 2.05) is 37.3 Å². The van der Waals surface area contributed by atoms with Crippen molar-refractivity contribution in [2.45, 2.75) is 13.5 Å². The summed E-state index contributed by atoms with van der Waals surface area (Å²) in [5, 5.41) is 4.24. The second-order valence-corrected chi connectivity index (χ2v) is 5.75. The highest BCUT2D eigenvalue weighted by Crippen LogP contribution is 2.26. The average Bonchev–Trinajstić information content (AvgIpc) is 2.49. The Balaban J connectivity index is 1.94. The van der Waals surface area contributed by atoms with Gasteiger partial charge in [-0.3, -0.25) is 4.98 Å². The van der Waals surface area contributed by atoms with Crippen molar-refractivity contribution in [3.63, 3.8) is 0 Å². The van der Waals surface area contributed by atoms with Crippen molar-refractivity contribution in [2.75, 3.05) is 5.32 Å². The Morgan fingerprint density at radius 2 is 2.00 bits per heavy atom. The van der Waals surface area contributed by atoms with E-state index in [0.717, 1.165) is 26.5 Å². The van der Waals surface area contributed by atoms with Gasteiger partial charge in [0.1, 0.15) is 5.82 Å². The summed E-state index contributed by atoms with van der Waals surface area (Å²) in [6.07, 6.45) is 1.77. The number of pyridine rings is 1. The van der Waals surface area contributed by atoms with E-state index in [0.29, 0.717) is 12.2 Å². The van der Waals surface area contributed by atoms with Crippen LogP contribution in [-0.2, 0) is 6.54 Å². The smallest absolute Gasteiger partial charge is 0.146 e. The number of aryl methyl sites for hydroxylation is 1. The molecule has 106 valence electrons. The lowest BCUT2D eigenvalue weighted by atomic mass is 10.1. The van der Waals surface area contributed by atoms with Crippen molar-refractivity contribution in [2.24, 2.45) is 0 Å². The van der Waals surface area contributed by atoms with Gasteiger partial charge >= 0.3 is 0 Å². The van der Waals surface area contributed by atoms with Crippen LogP contribution in [0.15, 0.2) is 53.1 Å². The Hall–Kier alpha value is -1.94. The normalized spacial score (nSPS) is 10.8. The molecule has 0 radical (unpaired) electrons. The molecule has 3 rings (SSSR count). The molecule has 0 atom stereocenters. The van der Waals surface area contributed by atoms with E-state index < -0.39 is 0 Å². The lowest BCUT2D eigenvalue weighted by molar-refractivity contribution is 0.629. The lowest BCUT2D eigenvalue weighted by Gasteiger charge is -2.12. The second-order valence-electron chi connectivity index (χ2n) is 4.89. The number of benzene rings is 2. The summed E-state index contributed by atoms with van der Waals surface area (Å²) in [5.74, 6) is -0.232. The molecule has 0 spiro atoms. The summed E-state index contributed by atoms with van der Waals surface area (Å²) in [5.41, 5.74) is 3.40. The third kappa shape index (κ3) is 2.76. The molecule has 1 aromatic heterocycles. The van der Waals surface area contributed by atoms with Crippen LogP contribution in [0, 0.1) is 12.7 Å². The summed E-state index contributed by atoms with van der Waals surface area (Å²) >= 11 is 3.53. The fourth-order valence-electron chi connectivity index (χ4n) is 2.38. The van der Waals surface area contributed by atoms with Gasteiger partial charge in [-0.2, -0.15) is 0 Å². The Bertz CT molecular complexity index is 782. The van der Waals surface area contributed by atoms with Gasteiger partial charge in [-0.1, -0.05) is 40.2 Å². The molecular weight excluding hydrogens is 331 g/mol. The van der Waals surface area contributed by atoms with Gasteiger partial charge in [0, 0.05) is 22.6 Å². The topological polar surface area (TPSA) is 24.9 Å². The van der Waals surface area contributed by atoms with E-state index >= 15 is 0 Å². The van der Waals surface area contributed by atoms with Crippen LogP contribution in [0.25, 0.3) is 10.9 Å². The van der Waals surface area contributed by atoms with E-state index in [9.17, 15) is 4.39 Å². The summed E-state index contributed by atoms with van der Waals surface area (Å²) in [7, 11) is 0. The number of nitrogens with one attached hydrogen (secondary N) is 1.